The Morgan fingerprint density at radius 2 is 1.85 bits per heavy atom. The number of rotatable bonds is 3. The maximum atomic E-state index is 12.7. The van der Waals surface area contributed by atoms with Crippen LogP contribution in [0, 0.1) is 6.92 Å². The highest BCUT2D eigenvalue weighted by molar-refractivity contribution is 7.99. The summed E-state index contributed by atoms with van der Waals surface area (Å²) in [5.41, 5.74) is 1.89. The first kappa shape index (κ1) is 17.5. The lowest BCUT2D eigenvalue weighted by Gasteiger charge is -2.46. The normalized spacial score (nSPS) is 22.5. The minimum absolute atomic E-state index is 0.0869. The van der Waals surface area contributed by atoms with Crippen molar-refractivity contribution in [3.05, 3.63) is 28.2 Å². The van der Waals surface area contributed by atoms with Gasteiger partial charge < -0.3 is 4.90 Å². The molecule has 0 aromatic carbocycles. The quantitative estimate of drug-likeness (QED) is 0.809. The zero-order valence-corrected chi connectivity index (χ0v) is 16.7. The number of hydrogen-bond acceptors (Lipinski definition) is 6. The van der Waals surface area contributed by atoms with E-state index in [0.717, 1.165) is 48.5 Å². The molecule has 4 heterocycles. The lowest BCUT2D eigenvalue weighted by Crippen LogP contribution is -2.61. The first-order chi connectivity index (χ1) is 13.2. The van der Waals surface area contributed by atoms with Crippen molar-refractivity contribution in [2.45, 2.75) is 44.7 Å². The molecule has 0 bridgehead atoms. The summed E-state index contributed by atoms with van der Waals surface area (Å²) in [6, 6.07) is 2.66. The van der Waals surface area contributed by atoms with Gasteiger partial charge in [0.15, 0.2) is 0 Å². The molecule has 144 valence electrons. The second kappa shape index (κ2) is 7.09. The average molecular weight is 386 g/mol. The summed E-state index contributed by atoms with van der Waals surface area (Å²) in [5.74, 6) is 3.27. The number of aryl methyl sites for hydroxylation is 1. The molecule has 2 aromatic heterocycles. The van der Waals surface area contributed by atoms with Gasteiger partial charge in [-0.15, -0.1) is 0 Å². The number of nitrogens with zero attached hydrogens (tertiary/aromatic N) is 5. The fraction of sp³-hybridized carbons (Fsp3) is 0.650. The van der Waals surface area contributed by atoms with Gasteiger partial charge in [0.05, 0.1) is 0 Å². The number of aromatic nitrogens is 3. The first-order valence-corrected chi connectivity index (χ1v) is 11.3. The van der Waals surface area contributed by atoms with Crippen molar-refractivity contribution in [1.29, 1.82) is 0 Å². The third-order valence-electron chi connectivity index (χ3n) is 6.38. The molecule has 1 saturated carbocycles. The molecule has 1 aliphatic carbocycles. The number of hydrogen-bond donors (Lipinski definition) is 0. The van der Waals surface area contributed by atoms with E-state index in [2.05, 4.69) is 26.5 Å². The molecule has 0 amide bonds. The van der Waals surface area contributed by atoms with E-state index in [0.29, 0.717) is 12.1 Å². The van der Waals surface area contributed by atoms with Crippen molar-refractivity contribution < 1.29 is 0 Å². The van der Waals surface area contributed by atoms with Crippen LogP contribution in [0.4, 0.5) is 5.95 Å². The van der Waals surface area contributed by atoms with Gasteiger partial charge in [-0.2, -0.15) is 16.7 Å². The average Bonchev–Trinajstić information content (AvgIpc) is 3.15. The van der Waals surface area contributed by atoms with Gasteiger partial charge in [0.25, 0.3) is 5.56 Å². The molecule has 5 rings (SSSR count). The van der Waals surface area contributed by atoms with Gasteiger partial charge in [0, 0.05) is 67.4 Å². The fourth-order valence-corrected chi connectivity index (χ4v) is 5.65. The summed E-state index contributed by atoms with van der Waals surface area (Å²) in [5, 5.41) is 1.01. The lowest BCUT2D eigenvalue weighted by molar-refractivity contribution is 0.181. The zero-order chi connectivity index (χ0) is 18.4. The van der Waals surface area contributed by atoms with Crippen LogP contribution < -0.4 is 10.5 Å². The van der Waals surface area contributed by atoms with Crippen molar-refractivity contribution in [2.75, 3.05) is 42.6 Å². The Balaban J connectivity index is 1.44. The predicted molar refractivity (Wildman–Crippen MR) is 111 cm³/mol. The molecule has 3 aliphatic rings. The third kappa shape index (κ3) is 3.14. The van der Waals surface area contributed by atoms with E-state index in [-0.39, 0.29) is 5.56 Å². The van der Waals surface area contributed by atoms with Crippen molar-refractivity contribution in [3.63, 3.8) is 0 Å². The smallest absolute Gasteiger partial charge is 0.252 e. The van der Waals surface area contributed by atoms with E-state index in [1.165, 1.54) is 37.4 Å². The summed E-state index contributed by atoms with van der Waals surface area (Å²) in [4.78, 5) is 27.2. The topological polar surface area (TPSA) is 54.3 Å². The highest BCUT2D eigenvalue weighted by atomic mass is 32.2. The molecular weight excluding hydrogens is 358 g/mol. The van der Waals surface area contributed by atoms with Crippen LogP contribution in [0.2, 0.25) is 0 Å². The number of pyridine rings is 1. The Labute approximate surface area is 164 Å². The number of anilines is 1. The van der Waals surface area contributed by atoms with E-state index in [9.17, 15) is 4.79 Å². The van der Waals surface area contributed by atoms with Crippen molar-refractivity contribution in [1.82, 2.24) is 19.4 Å². The fourth-order valence-electron chi connectivity index (χ4n) is 4.72. The minimum atomic E-state index is 0.0869. The molecule has 2 aromatic rings. The van der Waals surface area contributed by atoms with Crippen LogP contribution in [0.3, 0.4) is 0 Å². The van der Waals surface area contributed by atoms with E-state index in [4.69, 9.17) is 4.98 Å². The molecule has 3 fully saturated rings. The molecule has 2 aliphatic heterocycles. The monoisotopic (exact) mass is 385 g/mol. The van der Waals surface area contributed by atoms with Crippen LogP contribution >= 0.6 is 11.8 Å². The minimum Gasteiger partial charge on any atom is -0.337 e. The maximum Gasteiger partial charge on any atom is 0.252 e. The molecule has 0 atom stereocenters. The maximum absolute atomic E-state index is 12.7. The van der Waals surface area contributed by atoms with Crippen LogP contribution in [-0.4, -0.2) is 63.2 Å². The highest BCUT2D eigenvalue weighted by Crippen LogP contribution is 2.31. The Morgan fingerprint density at radius 1 is 1.11 bits per heavy atom. The molecule has 0 spiro atoms. The Bertz CT molecular complexity index is 895. The van der Waals surface area contributed by atoms with E-state index < -0.39 is 0 Å². The van der Waals surface area contributed by atoms with E-state index in [1.807, 2.05) is 17.7 Å². The van der Waals surface area contributed by atoms with Crippen LogP contribution in [0.25, 0.3) is 11.0 Å². The van der Waals surface area contributed by atoms with Crippen LogP contribution in [0.1, 0.15) is 37.3 Å². The van der Waals surface area contributed by atoms with Gasteiger partial charge in [-0.3, -0.25) is 14.3 Å². The van der Waals surface area contributed by atoms with Crippen LogP contribution in [0.15, 0.2) is 17.1 Å². The van der Waals surface area contributed by atoms with Gasteiger partial charge >= 0.3 is 0 Å². The standard InChI is InChI=1S/C20H27N5OS/c1-14-10-18(26)25(15-4-2-3-5-15)19-17(14)11-21-20(22-19)24-12-16(13-24)23-6-8-27-9-7-23/h10-11,15-16H,2-9,12-13H2,1H3. The summed E-state index contributed by atoms with van der Waals surface area (Å²) in [7, 11) is 0. The zero-order valence-electron chi connectivity index (χ0n) is 15.9. The van der Waals surface area contributed by atoms with Gasteiger partial charge in [-0.05, 0) is 25.3 Å². The molecule has 2 saturated heterocycles. The Kier molecular flexibility index (Phi) is 4.60. The Hall–Kier alpha value is -1.60. The largest absolute Gasteiger partial charge is 0.337 e. The summed E-state index contributed by atoms with van der Waals surface area (Å²) in [6.07, 6.45) is 6.48. The molecule has 27 heavy (non-hydrogen) atoms. The van der Waals surface area contributed by atoms with Crippen molar-refractivity contribution in [2.24, 2.45) is 0 Å². The van der Waals surface area contributed by atoms with Gasteiger partial charge in [0.2, 0.25) is 5.95 Å². The predicted octanol–water partition coefficient (Wildman–Crippen LogP) is 2.45. The molecular formula is C20H27N5OS. The highest BCUT2D eigenvalue weighted by Gasteiger charge is 2.34. The van der Waals surface area contributed by atoms with Gasteiger partial charge in [-0.25, -0.2) is 4.98 Å². The first-order valence-electron chi connectivity index (χ1n) is 10.2. The number of thioether (sulfide) groups is 1. The van der Waals surface area contributed by atoms with Crippen molar-refractivity contribution in [3.8, 4) is 0 Å². The SMILES string of the molecule is Cc1cc(=O)n(C2CCCC2)c2nc(N3CC(N4CCSCC4)C3)ncc12. The van der Waals surface area contributed by atoms with Crippen molar-refractivity contribution >= 4 is 28.7 Å². The summed E-state index contributed by atoms with van der Waals surface area (Å²) < 4.78 is 1.94. The summed E-state index contributed by atoms with van der Waals surface area (Å²) in [6.45, 7) is 6.37. The van der Waals surface area contributed by atoms with Gasteiger partial charge in [-0.1, -0.05) is 12.8 Å². The molecule has 7 heteroatoms. The van der Waals surface area contributed by atoms with Crippen LogP contribution in [0.5, 0.6) is 0 Å². The van der Waals surface area contributed by atoms with Crippen LogP contribution in [-0.2, 0) is 0 Å². The molecule has 0 N–H and O–H groups in total. The van der Waals surface area contributed by atoms with E-state index >= 15 is 0 Å². The molecule has 0 radical (unpaired) electrons. The molecule has 0 unspecified atom stereocenters. The van der Waals surface area contributed by atoms with E-state index in [1.54, 1.807) is 6.07 Å². The second-order valence-electron chi connectivity index (χ2n) is 8.09. The van der Waals surface area contributed by atoms with Gasteiger partial charge in [0.1, 0.15) is 5.65 Å². The lowest BCUT2D eigenvalue weighted by atomic mass is 10.1. The Morgan fingerprint density at radius 3 is 2.59 bits per heavy atom. The molecule has 6 nitrogen and oxygen atoms in total. The summed E-state index contributed by atoms with van der Waals surface area (Å²) >= 11 is 2.05. The second-order valence-corrected chi connectivity index (χ2v) is 9.31. The number of fused-ring (bicyclic) bond motifs is 1. The third-order valence-corrected chi connectivity index (χ3v) is 7.33.